The highest BCUT2D eigenvalue weighted by Gasteiger charge is 2.31. The molecular weight excluding hydrogens is 334 g/mol. The van der Waals surface area contributed by atoms with Crippen molar-refractivity contribution in [2.75, 3.05) is 6.54 Å². The number of nitrogens with two attached hydrogens (primary N) is 2. The summed E-state index contributed by atoms with van der Waals surface area (Å²) in [7, 11) is -3.28. The Labute approximate surface area is 149 Å². The first kappa shape index (κ1) is 17.7. The van der Waals surface area contributed by atoms with E-state index in [4.69, 9.17) is 11.5 Å². The maximum absolute atomic E-state index is 13.0. The number of aliphatic imine (C=N–C) groups is 1. The average Bonchev–Trinajstić information content (AvgIpc) is 2.61. The van der Waals surface area contributed by atoms with E-state index >= 15 is 0 Å². The number of benzene rings is 2. The van der Waals surface area contributed by atoms with Crippen LogP contribution in [0.5, 0.6) is 0 Å². The van der Waals surface area contributed by atoms with Gasteiger partial charge in [0.05, 0.1) is 10.1 Å². The molecule has 4 N–H and O–H groups in total. The van der Waals surface area contributed by atoms with Gasteiger partial charge in [0.2, 0.25) is 0 Å². The highest BCUT2D eigenvalue weighted by molar-refractivity contribution is 7.92. The molecule has 2 aromatic carbocycles. The van der Waals surface area contributed by atoms with Gasteiger partial charge in [0.25, 0.3) is 0 Å². The van der Waals surface area contributed by atoms with Crippen molar-refractivity contribution >= 4 is 26.6 Å². The molecule has 3 rings (SSSR count). The minimum absolute atomic E-state index is 0.118. The number of rotatable bonds is 5. The molecule has 1 saturated carbocycles. The van der Waals surface area contributed by atoms with E-state index in [1.807, 2.05) is 30.3 Å². The Kier molecular flexibility index (Phi) is 5.27. The molecular formula is C19H25N3O2S. The first-order chi connectivity index (χ1) is 12.0. The average molecular weight is 359 g/mol. The minimum Gasteiger partial charge on any atom is -0.370 e. The summed E-state index contributed by atoms with van der Waals surface area (Å²) >= 11 is 0. The summed E-state index contributed by atoms with van der Waals surface area (Å²) in [5.41, 5.74) is 10.7. The van der Waals surface area contributed by atoms with E-state index in [1.165, 1.54) is 0 Å². The fourth-order valence-electron chi connectivity index (χ4n) is 3.64. The molecule has 1 fully saturated rings. The fourth-order valence-corrected chi connectivity index (χ4v) is 5.47. The molecule has 0 aromatic heterocycles. The molecule has 0 bridgehead atoms. The zero-order valence-electron chi connectivity index (χ0n) is 14.3. The van der Waals surface area contributed by atoms with E-state index in [0.29, 0.717) is 30.2 Å². The summed E-state index contributed by atoms with van der Waals surface area (Å²) in [6.07, 6.45) is 4.17. The number of guanidine groups is 1. The van der Waals surface area contributed by atoms with Gasteiger partial charge in [-0.2, -0.15) is 0 Å². The van der Waals surface area contributed by atoms with E-state index in [9.17, 15) is 8.42 Å². The molecule has 0 amide bonds. The van der Waals surface area contributed by atoms with Crippen LogP contribution in [0.3, 0.4) is 0 Å². The molecule has 6 heteroatoms. The van der Waals surface area contributed by atoms with Gasteiger partial charge in [0.15, 0.2) is 15.8 Å². The van der Waals surface area contributed by atoms with Gasteiger partial charge in [-0.25, -0.2) is 8.42 Å². The van der Waals surface area contributed by atoms with Gasteiger partial charge in [-0.15, -0.1) is 0 Å². The Hall–Kier alpha value is -2.08. The van der Waals surface area contributed by atoms with Gasteiger partial charge in [0, 0.05) is 6.54 Å². The first-order valence-electron chi connectivity index (χ1n) is 8.75. The van der Waals surface area contributed by atoms with Gasteiger partial charge >= 0.3 is 0 Å². The van der Waals surface area contributed by atoms with E-state index in [0.717, 1.165) is 30.0 Å². The third kappa shape index (κ3) is 4.12. The van der Waals surface area contributed by atoms with Gasteiger partial charge in [-0.3, -0.25) is 4.99 Å². The molecule has 0 heterocycles. The standard InChI is InChI=1S/C19H25N3O2S/c20-19(21)22-12-11-14-5-8-17(9-6-14)25(23,24)18-10-7-15-3-1-2-4-16(15)13-18/h1-4,7,10,13-14,17H,5-6,8-9,11-12H2,(H4,20,21,22). The van der Waals surface area contributed by atoms with Gasteiger partial charge in [-0.05, 0) is 60.9 Å². The molecule has 134 valence electrons. The fraction of sp³-hybridized carbons (Fsp3) is 0.421. The van der Waals surface area contributed by atoms with E-state index < -0.39 is 9.84 Å². The number of hydrogen-bond donors (Lipinski definition) is 2. The zero-order chi connectivity index (χ0) is 17.9. The van der Waals surface area contributed by atoms with Crippen LogP contribution in [0.1, 0.15) is 32.1 Å². The molecule has 1 aliphatic carbocycles. The van der Waals surface area contributed by atoms with Crippen molar-refractivity contribution in [2.24, 2.45) is 22.4 Å². The van der Waals surface area contributed by atoms with Gasteiger partial charge < -0.3 is 11.5 Å². The van der Waals surface area contributed by atoms with Gasteiger partial charge in [-0.1, -0.05) is 30.3 Å². The Morgan fingerprint density at radius 1 is 1.00 bits per heavy atom. The van der Waals surface area contributed by atoms with Crippen LogP contribution < -0.4 is 11.5 Å². The molecule has 0 saturated heterocycles. The Balaban J connectivity index is 1.67. The predicted molar refractivity (Wildman–Crippen MR) is 102 cm³/mol. The predicted octanol–water partition coefficient (Wildman–Crippen LogP) is 2.84. The van der Waals surface area contributed by atoms with Crippen molar-refractivity contribution in [1.82, 2.24) is 0 Å². The normalized spacial score (nSPS) is 21.1. The molecule has 0 unspecified atom stereocenters. The number of hydrogen-bond acceptors (Lipinski definition) is 3. The molecule has 5 nitrogen and oxygen atoms in total. The lowest BCUT2D eigenvalue weighted by atomic mass is 9.87. The molecule has 0 spiro atoms. The quantitative estimate of drug-likeness (QED) is 0.633. The lowest BCUT2D eigenvalue weighted by Crippen LogP contribution is -2.28. The topological polar surface area (TPSA) is 98.5 Å². The summed E-state index contributed by atoms with van der Waals surface area (Å²) in [5.74, 6) is 0.624. The first-order valence-corrected chi connectivity index (χ1v) is 10.3. The third-order valence-electron chi connectivity index (χ3n) is 5.11. The van der Waals surface area contributed by atoms with Crippen LogP contribution in [0, 0.1) is 5.92 Å². The van der Waals surface area contributed by atoms with Crippen molar-refractivity contribution in [3.8, 4) is 0 Å². The van der Waals surface area contributed by atoms with Crippen LogP contribution in [0.25, 0.3) is 10.8 Å². The molecule has 1 aliphatic rings. The highest BCUT2D eigenvalue weighted by Crippen LogP contribution is 2.34. The summed E-state index contributed by atoms with van der Waals surface area (Å²) in [4.78, 5) is 4.46. The van der Waals surface area contributed by atoms with Crippen molar-refractivity contribution in [3.63, 3.8) is 0 Å². The van der Waals surface area contributed by atoms with Crippen LogP contribution in [0.15, 0.2) is 52.4 Å². The molecule has 0 aliphatic heterocycles. The largest absolute Gasteiger partial charge is 0.370 e. The van der Waals surface area contributed by atoms with Crippen LogP contribution in [0.2, 0.25) is 0 Å². The highest BCUT2D eigenvalue weighted by atomic mass is 32.2. The molecule has 0 atom stereocenters. The van der Waals surface area contributed by atoms with Crippen molar-refractivity contribution in [1.29, 1.82) is 0 Å². The van der Waals surface area contributed by atoms with Crippen LogP contribution >= 0.6 is 0 Å². The summed E-state index contributed by atoms with van der Waals surface area (Å²) < 4.78 is 26.0. The Morgan fingerprint density at radius 3 is 2.36 bits per heavy atom. The van der Waals surface area contributed by atoms with Crippen molar-refractivity contribution in [3.05, 3.63) is 42.5 Å². The number of sulfone groups is 1. The summed E-state index contributed by atoms with van der Waals surface area (Å²) in [5, 5.41) is 1.74. The molecule has 2 aromatic rings. The summed E-state index contributed by atoms with van der Waals surface area (Å²) in [6.45, 7) is 0.620. The second-order valence-corrected chi connectivity index (χ2v) is 9.02. The second kappa shape index (κ2) is 7.44. The van der Waals surface area contributed by atoms with E-state index in [1.54, 1.807) is 12.1 Å². The monoisotopic (exact) mass is 359 g/mol. The van der Waals surface area contributed by atoms with Crippen LogP contribution in [-0.2, 0) is 9.84 Å². The van der Waals surface area contributed by atoms with E-state index in [2.05, 4.69) is 4.99 Å². The minimum atomic E-state index is -3.28. The smallest absolute Gasteiger partial charge is 0.185 e. The third-order valence-corrected chi connectivity index (χ3v) is 7.37. The van der Waals surface area contributed by atoms with Crippen molar-refractivity contribution in [2.45, 2.75) is 42.2 Å². The molecule has 0 radical (unpaired) electrons. The SMILES string of the molecule is NC(N)=NCCC1CCC(S(=O)(=O)c2ccc3ccccc3c2)CC1. The van der Waals surface area contributed by atoms with E-state index in [-0.39, 0.29) is 11.2 Å². The van der Waals surface area contributed by atoms with Crippen LogP contribution in [-0.4, -0.2) is 26.2 Å². The lowest BCUT2D eigenvalue weighted by molar-refractivity contribution is 0.342. The Morgan fingerprint density at radius 2 is 1.68 bits per heavy atom. The maximum atomic E-state index is 13.0. The van der Waals surface area contributed by atoms with Crippen LogP contribution in [0.4, 0.5) is 0 Å². The molecule has 25 heavy (non-hydrogen) atoms. The lowest BCUT2D eigenvalue weighted by Gasteiger charge is -2.28. The number of nitrogens with zero attached hydrogens (tertiary/aromatic N) is 1. The summed E-state index contributed by atoms with van der Waals surface area (Å²) in [6, 6.07) is 13.3. The second-order valence-electron chi connectivity index (χ2n) is 6.79. The maximum Gasteiger partial charge on any atom is 0.185 e. The Bertz CT molecular complexity index is 865. The van der Waals surface area contributed by atoms with Crippen molar-refractivity contribution < 1.29 is 8.42 Å². The van der Waals surface area contributed by atoms with Gasteiger partial charge in [0.1, 0.15) is 0 Å². The zero-order valence-corrected chi connectivity index (χ0v) is 15.1. The number of fused-ring (bicyclic) bond motifs is 1.